The highest BCUT2D eigenvalue weighted by molar-refractivity contribution is 6.31. The van der Waals surface area contributed by atoms with Gasteiger partial charge < -0.3 is 14.8 Å². The lowest BCUT2D eigenvalue weighted by Gasteiger charge is -2.36. The molecule has 0 aromatic heterocycles. The highest BCUT2D eigenvalue weighted by Gasteiger charge is 2.27. The summed E-state index contributed by atoms with van der Waals surface area (Å²) in [6, 6.07) is 4.31. The van der Waals surface area contributed by atoms with Crippen molar-refractivity contribution in [1.29, 1.82) is 0 Å². The Kier molecular flexibility index (Phi) is 4.57. The zero-order chi connectivity index (χ0) is 14.8. The molecule has 5 heteroatoms. The number of nitrogens with one attached hydrogen (secondary N) is 1. The summed E-state index contributed by atoms with van der Waals surface area (Å²) >= 11 is 6.53. The molecule has 0 aliphatic carbocycles. The Morgan fingerprint density at radius 2 is 1.86 bits per heavy atom. The van der Waals surface area contributed by atoms with Crippen LogP contribution in [-0.2, 0) is 0 Å². The Balaban J connectivity index is 1.91. The van der Waals surface area contributed by atoms with Crippen molar-refractivity contribution in [2.45, 2.75) is 26.3 Å². The predicted octanol–water partition coefficient (Wildman–Crippen LogP) is 3.06. The summed E-state index contributed by atoms with van der Waals surface area (Å²) in [5.41, 5.74) is 1.16. The Morgan fingerprint density at radius 3 is 2.52 bits per heavy atom. The lowest BCUT2D eigenvalue weighted by molar-refractivity contribution is 0.153. The molecule has 1 fully saturated rings. The smallest absolute Gasteiger partial charge is 0.231 e. The van der Waals surface area contributed by atoms with E-state index in [0.717, 1.165) is 54.7 Å². The molecular formula is C16H23ClN2O2. The van der Waals surface area contributed by atoms with Crippen LogP contribution < -0.4 is 14.8 Å². The molecule has 4 nitrogen and oxygen atoms in total. The van der Waals surface area contributed by atoms with Crippen LogP contribution in [0.1, 0.15) is 31.9 Å². The van der Waals surface area contributed by atoms with Crippen molar-refractivity contribution in [3.63, 3.8) is 0 Å². The normalized spacial score (nSPS) is 20.0. The van der Waals surface area contributed by atoms with Gasteiger partial charge in [0, 0.05) is 43.3 Å². The number of benzene rings is 1. The third-order valence-corrected chi connectivity index (χ3v) is 4.47. The monoisotopic (exact) mass is 310 g/mol. The van der Waals surface area contributed by atoms with Gasteiger partial charge in [-0.15, -0.1) is 0 Å². The summed E-state index contributed by atoms with van der Waals surface area (Å²) in [6.45, 7) is 9.00. The molecule has 116 valence electrons. The molecule has 0 saturated carbocycles. The first kappa shape index (κ1) is 14.9. The van der Waals surface area contributed by atoms with Gasteiger partial charge in [0.25, 0.3) is 0 Å². The van der Waals surface area contributed by atoms with Gasteiger partial charge >= 0.3 is 0 Å². The van der Waals surface area contributed by atoms with E-state index in [2.05, 4.69) is 30.1 Å². The van der Waals surface area contributed by atoms with Crippen LogP contribution in [0.2, 0.25) is 5.02 Å². The zero-order valence-electron chi connectivity index (χ0n) is 12.7. The molecule has 21 heavy (non-hydrogen) atoms. The third-order valence-electron chi connectivity index (χ3n) is 4.14. The Morgan fingerprint density at radius 1 is 1.19 bits per heavy atom. The van der Waals surface area contributed by atoms with Crippen LogP contribution in [0.15, 0.2) is 12.1 Å². The molecule has 1 N–H and O–H groups in total. The molecule has 2 heterocycles. The van der Waals surface area contributed by atoms with Gasteiger partial charge in [0.15, 0.2) is 11.5 Å². The molecule has 0 bridgehead atoms. The van der Waals surface area contributed by atoms with E-state index in [1.807, 2.05) is 6.07 Å². The summed E-state index contributed by atoms with van der Waals surface area (Å²) in [4.78, 5) is 2.53. The Hall–Kier alpha value is -0.970. The Labute approximate surface area is 131 Å². The average Bonchev–Trinajstić information content (AvgIpc) is 2.92. The molecule has 0 radical (unpaired) electrons. The van der Waals surface area contributed by atoms with E-state index in [9.17, 15) is 0 Å². The minimum absolute atomic E-state index is 0.289. The zero-order valence-corrected chi connectivity index (χ0v) is 13.4. The van der Waals surface area contributed by atoms with E-state index in [1.54, 1.807) is 0 Å². The highest BCUT2D eigenvalue weighted by Crippen LogP contribution is 2.41. The lowest BCUT2D eigenvalue weighted by atomic mass is 9.94. The minimum Gasteiger partial charge on any atom is -0.454 e. The van der Waals surface area contributed by atoms with E-state index in [4.69, 9.17) is 21.1 Å². The van der Waals surface area contributed by atoms with Crippen molar-refractivity contribution < 1.29 is 9.47 Å². The van der Waals surface area contributed by atoms with E-state index < -0.39 is 0 Å². The molecule has 0 amide bonds. The second kappa shape index (κ2) is 6.42. The van der Waals surface area contributed by atoms with Crippen LogP contribution in [0.25, 0.3) is 0 Å². The second-order valence-corrected chi connectivity index (χ2v) is 6.57. The molecule has 1 atom stereocenters. The molecule has 2 aliphatic rings. The van der Waals surface area contributed by atoms with Crippen molar-refractivity contribution in [2.75, 3.05) is 33.0 Å². The van der Waals surface area contributed by atoms with Gasteiger partial charge in [0.05, 0.1) is 0 Å². The van der Waals surface area contributed by atoms with Crippen molar-refractivity contribution in [3.8, 4) is 11.5 Å². The van der Waals surface area contributed by atoms with Gasteiger partial charge in [0.2, 0.25) is 6.79 Å². The molecular weight excluding hydrogens is 288 g/mol. The number of fused-ring (bicyclic) bond motifs is 1. The molecule has 3 rings (SSSR count). The second-order valence-electron chi connectivity index (χ2n) is 6.16. The van der Waals surface area contributed by atoms with Gasteiger partial charge in [-0.05, 0) is 24.0 Å². The fourth-order valence-corrected chi connectivity index (χ4v) is 3.38. The predicted molar refractivity (Wildman–Crippen MR) is 84.2 cm³/mol. The summed E-state index contributed by atoms with van der Waals surface area (Å²) in [5, 5.41) is 4.19. The molecule has 0 unspecified atom stereocenters. The first-order chi connectivity index (χ1) is 10.1. The van der Waals surface area contributed by atoms with Crippen LogP contribution in [0, 0.1) is 5.92 Å². The van der Waals surface area contributed by atoms with Gasteiger partial charge in [-0.25, -0.2) is 0 Å². The maximum atomic E-state index is 6.53. The summed E-state index contributed by atoms with van der Waals surface area (Å²) < 4.78 is 10.9. The SMILES string of the molecule is CC(C)C[C@@H](c1cc2c(cc1Cl)OCO2)N1CCNCC1. The number of rotatable bonds is 4. The van der Waals surface area contributed by atoms with E-state index >= 15 is 0 Å². The number of piperazine rings is 1. The fraction of sp³-hybridized carbons (Fsp3) is 0.625. The van der Waals surface area contributed by atoms with Gasteiger partial charge in [-0.3, -0.25) is 4.90 Å². The number of hydrogen-bond acceptors (Lipinski definition) is 4. The van der Waals surface area contributed by atoms with E-state index in [1.165, 1.54) is 0 Å². The summed E-state index contributed by atoms with van der Waals surface area (Å²) in [7, 11) is 0. The molecule has 1 aromatic carbocycles. The van der Waals surface area contributed by atoms with Crippen molar-refractivity contribution >= 4 is 11.6 Å². The van der Waals surface area contributed by atoms with Gasteiger partial charge in [0.1, 0.15) is 0 Å². The quantitative estimate of drug-likeness (QED) is 0.927. The largest absolute Gasteiger partial charge is 0.454 e. The van der Waals surface area contributed by atoms with Crippen LogP contribution in [0.5, 0.6) is 11.5 Å². The third kappa shape index (κ3) is 3.28. The maximum absolute atomic E-state index is 6.53. The molecule has 1 saturated heterocycles. The van der Waals surface area contributed by atoms with Gasteiger partial charge in [-0.2, -0.15) is 0 Å². The van der Waals surface area contributed by atoms with Crippen LogP contribution in [0.4, 0.5) is 0 Å². The summed E-state index contributed by atoms with van der Waals surface area (Å²) in [5.74, 6) is 2.19. The van der Waals surface area contributed by atoms with Gasteiger partial charge in [-0.1, -0.05) is 25.4 Å². The fourth-order valence-electron chi connectivity index (χ4n) is 3.10. The van der Waals surface area contributed by atoms with Crippen molar-refractivity contribution in [1.82, 2.24) is 10.2 Å². The van der Waals surface area contributed by atoms with Crippen LogP contribution in [0.3, 0.4) is 0 Å². The Bertz CT molecular complexity index is 501. The number of halogens is 1. The van der Waals surface area contributed by atoms with Crippen LogP contribution >= 0.6 is 11.6 Å². The average molecular weight is 311 g/mol. The molecule has 2 aliphatic heterocycles. The van der Waals surface area contributed by atoms with Crippen molar-refractivity contribution in [3.05, 3.63) is 22.7 Å². The lowest BCUT2D eigenvalue weighted by Crippen LogP contribution is -2.45. The van der Waals surface area contributed by atoms with Crippen LogP contribution in [-0.4, -0.2) is 37.9 Å². The number of nitrogens with zero attached hydrogens (tertiary/aromatic N) is 1. The molecule has 1 aromatic rings. The first-order valence-corrected chi connectivity index (χ1v) is 8.06. The highest BCUT2D eigenvalue weighted by atomic mass is 35.5. The number of hydrogen-bond donors (Lipinski definition) is 1. The first-order valence-electron chi connectivity index (χ1n) is 7.69. The molecule has 0 spiro atoms. The van der Waals surface area contributed by atoms with E-state index in [-0.39, 0.29) is 6.79 Å². The van der Waals surface area contributed by atoms with Crippen molar-refractivity contribution in [2.24, 2.45) is 5.92 Å². The standard InChI is InChI=1S/C16H23ClN2O2/c1-11(2)7-14(19-5-3-18-4-6-19)12-8-15-16(9-13(12)17)21-10-20-15/h8-9,11,14,18H,3-7,10H2,1-2H3/t14-/m0/s1. The summed E-state index contributed by atoms with van der Waals surface area (Å²) in [6.07, 6.45) is 1.10. The minimum atomic E-state index is 0.289. The number of ether oxygens (including phenoxy) is 2. The maximum Gasteiger partial charge on any atom is 0.231 e. The van der Waals surface area contributed by atoms with E-state index in [0.29, 0.717) is 12.0 Å². The topological polar surface area (TPSA) is 33.7 Å².